The number of aliphatic hydroxyl groups excluding tert-OH is 1. The molecule has 0 amide bonds. The summed E-state index contributed by atoms with van der Waals surface area (Å²) >= 11 is 0. The molecule has 0 saturated heterocycles. The predicted octanol–water partition coefficient (Wildman–Crippen LogP) is 3.40. The number of ether oxygens (including phenoxy) is 2. The van der Waals surface area contributed by atoms with Crippen molar-refractivity contribution in [3.05, 3.63) is 83.9 Å². The van der Waals surface area contributed by atoms with Crippen molar-refractivity contribution < 1.29 is 14.6 Å². The van der Waals surface area contributed by atoms with Gasteiger partial charge in [-0.05, 0) is 34.6 Å². The number of benzene rings is 3. The van der Waals surface area contributed by atoms with Crippen LogP contribution >= 0.6 is 8.58 Å². The van der Waals surface area contributed by atoms with Gasteiger partial charge in [-0.2, -0.15) is 0 Å². The van der Waals surface area contributed by atoms with Crippen LogP contribution in [0.15, 0.2) is 72.8 Å². The van der Waals surface area contributed by atoms with Crippen LogP contribution in [0, 0.1) is 0 Å². The van der Waals surface area contributed by atoms with Crippen LogP contribution in [0.5, 0.6) is 11.5 Å². The Hall–Kier alpha value is -2.35. The maximum atomic E-state index is 9.57. The third kappa shape index (κ3) is 4.60. The fraction of sp³-hybridized carbons (Fsp3) is 0.143. The minimum Gasteiger partial charge on any atom is -0.497 e. The van der Waals surface area contributed by atoms with Crippen molar-refractivity contribution in [3.63, 3.8) is 0 Å². The summed E-state index contributed by atoms with van der Waals surface area (Å²) in [4.78, 5) is 0. The Morgan fingerprint density at radius 3 is 2.40 bits per heavy atom. The smallest absolute Gasteiger partial charge is 0.127 e. The van der Waals surface area contributed by atoms with Crippen molar-refractivity contribution in [2.45, 2.75) is 13.2 Å². The lowest BCUT2D eigenvalue weighted by Crippen LogP contribution is -2.12. The van der Waals surface area contributed by atoms with Crippen LogP contribution in [0.2, 0.25) is 0 Å². The molecule has 0 bridgehead atoms. The summed E-state index contributed by atoms with van der Waals surface area (Å²) in [5.74, 6) is 1.65. The van der Waals surface area contributed by atoms with Gasteiger partial charge in [0.05, 0.1) is 13.7 Å². The molecule has 25 heavy (non-hydrogen) atoms. The van der Waals surface area contributed by atoms with Crippen molar-refractivity contribution in [1.82, 2.24) is 0 Å². The molecule has 0 aliphatic heterocycles. The molecule has 1 atom stereocenters. The van der Waals surface area contributed by atoms with E-state index in [0.717, 1.165) is 33.2 Å². The molecule has 128 valence electrons. The molecule has 4 heteroatoms. The molecule has 1 N–H and O–H groups in total. The molecule has 0 spiro atoms. The first-order valence-corrected chi connectivity index (χ1v) is 9.10. The van der Waals surface area contributed by atoms with E-state index < -0.39 is 0 Å². The Bertz CT molecular complexity index is 818. The average molecular weight is 352 g/mol. The third-order valence-corrected chi connectivity index (χ3v) is 5.30. The van der Waals surface area contributed by atoms with Crippen molar-refractivity contribution in [1.29, 1.82) is 0 Å². The maximum Gasteiger partial charge on any atom is 0.127 e. The number of rotatable bonds is 7. The highest BCUT2D eigenvalue weighted by molar-refractivity contribution is 7.55. The summed E-state index contributed by atoms with van der Waals surface area (Å²) in [6, 6.07) is 23.9. The second-order valence-electron chi connectivity index (χ2n) is 5.58. The highest BCUT2D eigenvalue weighted by Crippen LogP contribution is 2.25. The van der Waals surface area contributed by atoms with Crippen LogP contribution in [0.4, 0.5) is 0 Å². The van der Waals surface area contributed by atoms with Gasteiger partial charge in [-0.3, -0.25) is 0 Å². The van der Waals surface area contributed by atoms with Crippen LogP contribution in [0.25, 0.3) is 0 Å². The number of hydrogen-bond donors (Lipinski definition) is 1. The topological polar surface area (TPSA) is 38.7 Å². The molecule has 3 aromatic carbocycles. The molecule has 3 nitrogen and oxygen atoms in total. The molecular formula is C21H21O3P. The van der Waals surface area contributed by atoms with Gasteiger partial charge >= 0.3 is 0 Å². The molecule has 3 rings (SSSR count). The summed E-state index contributed by atoms with van der Waals surface area (Å²) in [7, 11) is 2.04. The first-order valence-electron chi connectivity index (χ1n) is 8.10. The molecule has 0 fully saturated rings. The molecule has 0 aliphatic carbocycles. The van der Waals surface area contributed by atoms with E-state index in [-0.39, 0.29) is 6.61 Å². The summed E-state index contributed by atoms with van der Waals surface area (Å²) in [6.45, 7) is 0.555. The van der Waals surface area contributed by atoms with Crippen LogP contribution in [-0.2, 0) is 13.2 Å². The van der Waals surface area contributed by atoms with Crippen LogP contribution in [0.1, 0.15) is 11.1 Å². The molecule has 0 saturated carbocycles. The van der Waals surface area contributed by atoms with Crippen molar-refractivity contribution in [2.75, 3.05) is 7.11 Å². The normalized spacial score (nSPS) is 11.0. The zero-order valence-corrected chi connectivity index (χ0v) is 15.1. The minimum atomic E-state index is 0.0351. The maximum absolute atomic E-state index is 9.57. The summed E-state index contributed by atoms with van der Waals surface area (Å²) in [6.07, 6.45) is 0. The molecular weight excluding hydrogens is 331 g/mol. The van der Waals surface area contributed by atoms with Crippen LogP contribution < -0.4 is 20.1 Å². The molecule has 0 aliphatic rings. The van der Waals surface area contributed by atoms with Gasteiger partial charge in [0.25, 0.3) is 0 Å². The van der Waals surface area contributed by atoms with Gasteiger partial charge in [-0.25, -0.2) is 0 Å². The molecule has 0 heterocycles. The lowest BCUT2D eigenvalue weighted by molar-refractivity contribution is 0.283. The Morgan fingerprint density at radius 1 is 0.880 bits per heavy atom. The lowest BCUT2D eigenvalue weighted by atomic mass is 10.2. The number of aliphatic hydroxyl groups is 1. The van der Waals surface area contributed by atoms with Gasteiger partial charge in [-0.1, -0.05) is 63.2 Å². The fourth-order valence-corrected chi connectivity index (χ4v) is 3.81. The minimum absolute atomic E-state index is 0.0351. The Kier molecular flexibility index (Phi) is 6.05. The Labute approximate surface area is 150 Å². The molecule has 1 unspecified atom stereocenters. The van der Waals surface area contributed by atoms with Gasteiger partial charge in [-0.15, -0.1) is 0 Å². The van der Waals surface area contributed by atoms with Gasteiger partial charge in [0.1, 0.15) is 18.1 Å². The molecule has 3 aromatic rings. The van der Waals surface area contributed by atoms with E-state index in [2.05, 4.69) is 0 Å². The van der Waals surface area contributed by atoms with Gasteiger partial charge in [0, 0.05) is 5.30 Å². The highest BCUT2D eigenvalue weighted by Gasteiger charge is 2.10. The highest BCUT2D eigenvalue weighted by atomic mass is 31.1. The SMILES string of the molecule is COc1ccc(OCc2ccccc2)c(Pc2ccccc2CO)c1. The van der Waals surface area contributed by atoms with Crippen molar-refractivity contribution in [3.8, 4) is 11.5 Å². The van der Waals surface area contributed by atoms with Crippen LogP contribution in [-0.4, -0.2) is 12.2 Å². The Balaban J connectivity index is 1.85. The zero-order valence-electron chi connectivity index (χ0n) is 14.1. The first kappa shape index (κ1) is 17.5. The Morgan fingerprint density at radius 2 is 1.64 bits per heavy atom. The van der Waals surface area contributed by atoms with Gasteiger partial charge in [0.2, 0.25) is 0 Å². The number of hydrogen-bond acceptors (Lipinski definition) is 3. The van der Waals surface area contributed by atoms with E-state index in [1.165, 1.54) is 0 Å². The van der Waals surface area contributed by atoms with E-state index in [1.807, 2.05) is 72.8 Å². The van der Waals surface area contributed by atoms with E-state index in [4.69, 9.17) is 9.47 Å². The van der Waals surface area contributed by atoms with Gasteiger partial charge in [0.15, 0.2) is 0 Å². The van der Waals surface area contributed by atoms with Gasteiger partial charge < -0.3 is 14.6 Å². The second-order valence-corrected chi connectivity index (χ2v) is 6.90. The fourth-order valence-electron chi connectivity index (χ4n) is 2.52. The monoisotopic (exact) mass is 352 g/mol. The average Bonchev–Trinajstić information content (AvgIpc) is 2.68. The third-order valence-electron chi connectivity index (χ3n) is 3.88. The van der Waals surface area contributed by atoms with Crippen LogP contribution in [0.3, 0.4) is 0 Å². The number of methoxy groups -OCH3 is 1. The van der Waals surface area contributed by atoms with Crippen molar-refractivity contribution >= 4 is 19.2 Å². The lowest BCUT2D eigenvalue weighted by Gasteiger charge is -2.14. The van der Waals surface area contributed by atoms with E-state index in [1.54, 1.807) is 7.11 Å². The molecule has 0 radical (unpaired) electrons. The van der Waals surface area contributed by atoms with Crippen molar-refractivity contribution in [2.24, 2.45) is 0 Å². The molecule has 0 aromatic heterocycles. The summed E-state index contributed by atoms with van der Waals surface area (Å²) in [5, 5.41) is 11.7. The largest absolute Gasteiger partial charge is 0.497 e. The second kappa shape index (κ2) is 8.66. The standard InChI is InChI=1S/C21H21O3P/c1-23-18-11-12-19(24-15-16-7-3-2-4-8-16)21(13-18)25-20-10-6-5-9-17(20)14-22/h2-13,22,25H,14-15H2,1H3. The van der Waals surface area contributed by atoms with E-state index in [9.17, 15) is 5.11 Å². The zero-order chi connectivity index (χ0) is 17.5. The first-order chi connectivity index (χ1) is 12.3. The van der Waals surface area contributed by atoms with E-state index in [0.29, 0.717) is 15.2 Å². The quantitative estimate of drug-likeness (QED) is 0.663. The summed E-state index contributed by atoms with van der Waals surface area (Å²) in [5.41, 5.74) is 2.07. The summed E-state index contributed by atoms with van der Waals surface area (Å²) < 4.78 is 11.4. The predicted molar refractivity (Wildman–Crippen MR) is 104 cm³/mol. The van der Waals surface area contributed by atoms with E-state index >= 15 is 0 Å².